The van der Waals surface area contributed by atoms with E-state index in [9.17, 15) is 0 Å². The Morgan fingerprint density at radius 1 is 1.07 bits per heavy atom. The highest BCUT2D eigenvalue weighted by molar-refractivity contribution is 7.18. The van der Waals surface area contributed by atoms with Gasteiger partial charge in [0.15, 0.2) is 0 Å². The Bertz CT molecular complexity index is 865. The van der Waals surface area contributed by atoms with Crippen LogP contribution in [0.15, 0.2) is 48.5 Å². The van der Waals surface area contributed by atoms with Gasteiger partial charge in [0.25, 0.3) is 0 Å². The van der Waals surface area contributed by atoms with Crippen molar-refractivity contribution in [1.29, 1.82) is 5.41 Å². The topological polar surface area (TPSA) is 118 Å². The highest BCUT2D eigenvalue weighted by atomic mass is 32.1. The number of para-hydroxylation sites is 2. The van der Waals surface area contributed by atoms with E-state index < -0.39 is 0 Å². The second-order valence-corrected chi connectivity index (χ2v) is 7.76. The first-order valence-electron chi connectivity index (χ1n) is 9.07. The summed E-state index contributed by atoms with van der Waals surface area (Å²) in [7, 11) is 0. The molecule has 0 bridgehead atoms. The van der Waals surface area contributed by atoms with Crippen molar-refractivity contribution in [3.63, 3.8) is 0 Å². The van der Waals surface area contributed by atoms with Crippen LogP contribution in [0.5, 0.6) is 0 Å². The summed E-state index contributed by atoms with van der Waals surface area (Å²) < 4.78 is 1.28. The molecule has 7 heteroatoms. The zero-order chi connectivity index (χ0) is 19.2. The normalized spacial score (nSPS) is 14.7. The van der Waals surface area contributed by atoms with Crippen molar-refractivity contribution in [3.8, 4) is 0 Å². The number of nitrogen functional groups attached to an aromatic ring is 1. The molecular formula is C20H26N6S. The van der Waals surface area contributed by atoms with Gasteiger partial charge in [-0.25, -0.2) is 4.98 Å². The van der Waals surface area contributed by atoms with Crippen molar-refractivity contribution >= 4 is 33.1 Å². The lowest BCUT2D eigenvalue weighted by Gasteiger charge is -2.34. The zero-order valence-electron chi connectivity index (χ0n) is 15.3. The van der Waals surface area contributed by atoms with Gasteiger partial charge in [-0.3, -0.25) is 17.1 Å². The molecule has 0 radical (unpaired) electrons. The Labute approximate surface area is 163 Å². The number of nitrogens with two attached hydrogens (primary N) is 3. The molecule has 0 saturated carbocycles. The van der Waals surface area contributed by atoms with Crippen molar-refractivity contribution in [2.75, 3.05) is 18.0 Å². The quantitative estimate of drug-likeness (QED) is 0.239. The van der Waals surface area contributed by atoms with Gasteiger partial charge >= 0.3 is 0 Å². The van der Waals surface area contributed by atoms with E-state index in [1.807, 2.05) is 29.5 Å². The zero-order valence-corrected chi connectivity index (χ0v) is 16.1. The van der Waals surface area contributed by atoms with E-state index >= 15 is 0 Å². The SMILES string of the molecule is N=C(N)c1ccccc1N1CCC(Cc2nc3ccccc3s2)CC1.NN. The second kappa shape index (κ2) is 8.94. The Hall–Kier alpha value is -2.48. The Balaban J connectivity index is 0.00000102. The monoisotopic (exact) mass is 382 g/mol. The molecule has 1 aromatic heterocycles. The predicted octanol–water partition coefficient (Wildman–Crippen LogP) is 2.86. The highest BCUT2D eigenvalue weighted by Gasteiger charge is 2.22. The number of aromatic nitrogens is 1. The van der Waals surface area contributed by atoms with Crippen molar-refractivity contribution in [3.05, 3.63) is 59.1 Å². The summed E-state index contributed by atoms with van der Waals surface area (Å²) in [5, 5.41) is 9.03. The van der Waals surface area contributed by atoms with E-state index in [1.54, 1.807) is 0 Å². The molecule has 0 atom stereocenters. The molecule has 27 heavy (non-hydrogen) atoms. The van der Waals surface area contributed by atoms with Gasteiger partial charge in [0.1, 0.15) is 5.84 Å². The maximum atomic E-state index is 7.78. The molecule has 2 aromatic carbocycles. The fourth-order valence-electron chi connectivity index (χ4n) is 3.61. The van der Waals surface area contributed by atoms with Crippen LogP contribution in [-0.2, 0) is 6.42 Å². The number of piperidine rings is 1. The van der Waals surface area contributed by atoms with Gasteiger partial charge in [-0.1, -0.05) is 24.3 Å². The van der Waals surface area contributed by atoms with Gasteiger partial charge in [0.05, 0.1) is 15.2 Å². The van der Waals surface area contributed by atoms with Gasteiger partial charge < -0.3 is 10.6 Å². The van der Waals surface area contributed by atoms with Crippen LogP contribution in [-0.4, -0.2) is 23.9 Å². The molecular weight excluding hydrogens is 356 g/mol. The Kier molecular flexibility index (Phi) is 6.39. The number of thiazole rings is 1. The van der Waals surface area contributed by atoms with Crippen LogP contribution in [0.2, 0.25) is 0 Å². The number of nitrogens with one attached hydrogen (secondary N) is 1. The molecule has 2 heterocycles. The lowest BCUT2D eigenvalue weighted by Crippen LogP contribution is -2.35. The summed E-state index contributed by atoms with van der Waals surface area (Å²) in [5.74, 6) is 8.83. The summed E-state index contributed by atoms with van der Waals surface area (Å²) in [6.07, 6.45) is 3.38. The van der Waals surface area contributed by atoms with Crippen LogP contribution >= 0.6 is 11.3 Å². The third kappa shape index (κ3) is 4.44. The van der Waals surface area contributed by atoms with Crippen LogP contribution in [0.1, 0.15) is 23.4 Å². The maximum absolute atomic E-state index is 7.78. The minimum absolute atomic E-state index is 0.146. The fourth-order valence-corrected chi connectivity index (χ4v) is 4.69. The molecule has 6 nitrogen and oxygen atoms in total. The molecule has 4 rings (SSSR count). The number of nitrogens with zero attached hydrogens (tertiary/aromatic N) is 2. The van der Waals surface area contributed by atoms with Gasteiger partial charge in [-0.2, -0.15) is 0 Å². The smallest absolute Gasteiger partial charge is 0.124 e. The van der Waals surface area contributed by atoms with Crippen LogP contribution in [0.4, 0.5) is 5.69 Å². The van der Waals surface area contributed by atoms with Crippen LogP contribution in [0.3, 0.4) is 0 Å². The van der Waals surface area contributed by atoms with Crippen molar-refractivity contribution in [2.45, 2.75) is 19.3 Å². The number of anilines is 1. The number of rotatable bonds is 4. The maximum Gasteiger partial charge on any atom is 0.124 e. The standard InChI is InChI=1S/C20H22N4S.H4N2/c21-20(22)15-5-1-3-7-17(15)24-11-9-14(10-12-24)13-19-23-16-6-2-4-8-18(16)25-19;1-2/h1-8,14H,9-13H2,(H3,21,22);1-2H2. The summed E-state index contributed by atoms with van der Waals surface area (Å²) in [6.45, 7) is 2.03. The molecule has 0 unspecified atom stereocenters. The van der Waals surface area contributed by atoms with E-state index in [4.69, 9.17) is 16.1 Å². The molecule has 3 aromatic rings. The number of hydrogen-bond acceptors (Lipinski definition) is 6. The number of fused-ring (bicyclic) bond motifs is 1. The third-order valence-corrected chi connectivity index (χ3v) is 6.01. The van der Waals surface area contributed by atoms with E-state index in [2.05, 4.69) is 46.9 Å². The van der Waals surface area contributed by atoms with E-state index in [1.165, 1.54) is 9.71 Å². The van der Waals surface area contributed by atoms with Gasteiger partial charge in [-0.05, 0) is 43.0 Å². The van der Waals surface area contributed by atoms with Crippen LogP contribution < -0.4 is 22.3 Å². The molecule has 0 aliphatic carbocycles. The minimum atomic E-state index is 0.146. The molecule has 1 aliphatic rings. The number of hydrogen-bond donors (Lipinski definition) is 4. The van der Waals surface area contributed by atoms with Crippen molar-refractivity contribution < 1.29 is 0 Å². The summed E-state index contributed by atoms with van der Waals surface area (Å²) in [5.41, 5.74) is 8.79. The lowest BCUT2D eigenvalue weighted by atomic mass is 9.93. The van der Waals surface area contributed by atoms with E-state index in [0.29, 0.717) is 5.92 Å². The van der Waals surface area contributed by atoms with Crippen LogP contribution in [0, 0.1) is 11.3 Å². The fraction of sp³-hybridized carbons (Fsp3) is 0.300. The molecule has 142 valence electrons. The van der Waals surface area contributed by atoms with E-state index in [-0.39, 0.29) is 5.84 Å². The summed E-state index contributed by atoms with van der Waals surface area (Å²) >= 11 is 1.83. The van der Waals surface area contributed by atoms with Crippen molar-refractivity contribution in [1.82, 2.24) is 4.98 Å². The Morgan fingerprint density at radius 3 is 2.44 bits per heavy atom. The average molecular weight is 383 g/mol. The number of hydrazine groups is 1. The lowest BCUT2D eigenvalue weighted by molar-refractivity contribution is 0.403. The Morgan fingerprint density at radius 2 is 1.74 bits per heavy atom. The highest BCUT2D eigenvalue weighted by Crippen LogP contribution is 2.30. The molecule has 7 N–H and O–H groups in total. The summed E-state index contributed by atoms with van der Waals surface area (Å²) in [4.78, 5) is 7.15. The molecule has 1 fully saturated rings. The van der Waals surface area contributed by atoms with Crippen molar-refractivity contribution in [2.24, 2.45) is 23.3 Å². The average Bonchev–Trinajstić information content (AvgIpc) is 3.12. The largest absolute Gasteiger partial charge is 0.384 e. The first-order chi connectivity index (χ1) is 13.2. The molecule has 0 spiro atoms. The second-order valence-electron chi connectivity index (χ2n) is 6.64. The van der Waals surface area contributed by atoms with Gasteiger partial charge in [0.2, 0.25) is 0 Å². The number of benzene rings is 2. The molecule has 1 saturated heterocycles. The van der Waals surface area contributed by atoms with Gasteiger partial charge in [0, 0.05) is 30.8 Å². The number of amidine groups is 1. The van der Waals surface area contributed by atoms with Crippen LogP contribution in [0.25, 0.3) is 10.2 Å². The summed E-state index contributed by atoms with van der Waals surface area (Å²) in [6, 6.07) is 16.4. The predicted molar refractivity (Wildman–Crippen MR) is 114 cm³/mol. The minimum Gasteiger partial charge on any atom is -0.384 e. The van der Waals surface area contributed by atoms with E-state index in [0.717, 1.165) is 49.1 Å². The first-order valence-corrected chi connectivity index (χ1v) is 9.88. The van der Waals surface area contributed by atoms with Gasteiger partial charge in [-0.15, -0.1) is 11.3 Å². The molecule has 0 amide bonds. The third-order valence-electron chi connectivity index (χ3n) is 4.95. The first kappa shape index (κ1) is 19.3. The molecule has 1 aliphatic heterocycles.